The van der Waals surface area contributed by atoms with E-state index in [1.807, 2.05) is 0 Å². The van der Waals surface area contributed by atoms with E-state index in [-0.39, 0.29) is 24.9 Å². The van der Waals surface area contributed by atoms with Crippen LogP contribution in [0.25, 0.3) is 0 Å². The molecule has 3 aliphatic rings. The van der Waals surface area contributed by atoms with Crippen molar-refractivity contribution in [2.24, 2.45) is 17.8 Å². The van der Waals surface area contributed by atoms with Crippen LogP contribution in [0.5, 0.6) is 0 Å². The first-order valence-electron chi connectivity index (χ1n) is 4.89. The van der Waals surface area contributed by atoms with E-state index in [0.29, 0.717) is 6.42 Å². The number of amides is 1. The second kappa shape index (κ2) is 3.36. The number of carboxylic acid groups (broad SMARTS) is 1. The number of piperidine rings is 2. The predicted octanol–water partition coefficient (Wildman–Crippen LogP) is 0.728. The Morgan fingerprint density at radius 2 is 1.69 bits per heavy atom. The molecule has 2 aliphatic heterocycles. The average Bonchev–Trinajstić information content (AvgIpc) is 2.14. The van der Waals surface area contributed by atoms with Gasteiger partial charge < -0.3 is 10.0 Å². The van der Waals surface area contributed by atoms with E-state index in [1.54, 1.807) is 0 Å². The maximum absolute atomic E-state index is 12.1. The molecule has 4 nitrogen and oxygen atoms in total. The summed E-state index contributed by atoms with van der Waals surface area (Å²) in [5.41, 5.74) is 0. The van der Waals surface area contributed by atoms with Crippen LogP contribution in [0, 0.1) is 17.8 Å². The number of rotatable bonds is 1. The quantitative estimate of drug-likeness (QED) is 0.731. The van der Waals surface area contributed by atoms with Gasteiger partial charge >= 0.3 is 18.1 Å². The normalized spacial score (nSPS) is 33.2. The van der Waals surface area contributed by atoms with Crippen molar-refractivity contribution in [1.29, 1.82) is 0 Å². The molecule has 0 aromatic carbocycles. The van der Waals surface area contributed by atoms with Crippen molar-refractivity contribution in [3.05, 3.63) is 0 Å². The Kier molecular flexibility index (Phi) is 2.36. The lowest BCUT2D eigenvalue weighted by Gasteiger charge is -2.51. The zero-order valence-electron chi connectivity index (χ0n) is 8.20. The number of carboxylic acids is 1. The minimum absolute atomic E-state index is 0.0915. The van der Waals surface area contributed by atoms with E-state index < -0.39 is 24.0 Å². The molecule has 0 aromatic heterocycles. The molecule has 2 saturated heterocycles. The van der Waals surface area contributed by atoms with Gasteiger partial charge in [0.1, 0.15) is 0 Å². The third kappa shape index (κ3) is 1.64. The van der Waals surface area contributed by atoms with Crippen molar-refractivity contribution >= 4 is 11.9 Å². The number of carbonyl (C=O) groups is 2. The molecule has 2 bridgehead atoms. The minimum atomic E-state index is -4.86. The number of carbonyl (C=O) groups excluding carboxylic acids is 1. The lowest BCUT2D eigenvalue weighted by Crippen LogP contribution is -2.60. The number of nitrogens with zero attached hydrogens (tertiary/aromatic N) is 1. The summed E-state index contributed by atoms with van der Waals surface area (Å²) in [4.78, 5) is 22.4. The Balaban J connectivity index is 2.01. The summed E-state index contributed by atoms with van der Waals surface area (Å²) in [5.74, 6) is -4.03. The maximum atomic E-state index is 12.1. The van der Waals surface area contributed by atoms with Gasteiger partial charge in [-0.25, -0.2) is 0 Å². The molecule has 7 heteroatoms. The van der Waals surface area contributed by atoms with Gasteiger partial charge in [0.2, 0.25) is 0 Å². The molecule has 0 aromatic rings. The van der Waals surface area contributed by atoms with Gasteiger partial charge in [-0.3, -0.25) is 9.59 Å². The molecular formula is C9H10F3NO3. The fourth-order valence-corrected chi connectivity index (χ4v) is 2.64. The zero-order valence-corrected chi connectivity index (χ0v) is 8.20. The number of alkyl halides is 3. The maximum Gasteiger partial charge on any atom is 0.471 e. The number of fused-ring (bicyclic) bond motifs is 2. The van der Waals surface area contributed by atoms with Crippen molar-refractivity contribution < 1.29 is 27.9 Å². The molecule has 1 unspecified atom stereocenters. The molecule has 1 N–H and O–H groups in total. The van der Waals surface area contributed by atoms with Crippen LogP contribution in [0.15, 0.2) is 0 Å². The van der Waals surface area contributed by atoms with Crippen LogP contribution in [-0.4, -0.2) is 41.1 Å². The third-order valence-electron chi connectivity index (χ3n) is 3.35. The topological polar surface area (TPSA) is 57.6 Å². The van der Waals surface area contributed by atoms with Gasteiger partial charge in [-0.05, 0) is 18.3 Å². The molecule has 16 heavy (non-hydrogen) atoms. The minimum Gasteiger partial charge on any atom is -0.481 e. The standard InChI is InChI=1S/C9H10F3NO3/c10-9(11,12)8(16)13-2-4-1-5(3-13)6(4)7(14)15/h4-6H,1-3H2,(H,14,15)/t4-,5+,6?. The lowest BCUT2D eigenvalue weighted by atomic mass is 9.61. The molecule has 90 valence electrons. The molecule has 1 aliphatic carbocycles. The van der Waals surface area contributed by atoms with Crippen LogP contribution in [0.2, 0.25) is 0 Å². The van der Waals surface area contributed by atoms with Crippen LogP contribution in [0.3, 0.4) is 0 Å². The fraction of sp³-hybridized carbons (Fsp3) is 0.778. The lowest BCUT2D eigenvalue weighted by molar-refractivity contribution is -0.196. The van der Waals surface area contributed by atoms with Gasteiger partial charge in [-0.2, -0.15) is 13.2 Å². The summed E-state index contributed by atoms with van der Waals surface area (Å²) >= 11 is 0. The van der Waals surface area contributed by atoms with E-state index in [9.17, 15) is 22.8 Å². The van der Waals surface area contributed by atoms with Crippen molar-refractivity contribution in [3.63, 3.8) is 0 Å². The first-order valence-corrected chi connectivity index (χ1v) is 4.89. The summed E-state index contributed by atoms with van der Waals surface area (Å²) in [6, 6.07) is 0. The number of halogens is 3. The van der Waals surface area contributed by atoms with Gasteiger partial charge in [-0.15, -0.1) is 0 Å². The first kappa shape index (κ1) is 11.2. The first-order chi connectivity index (χ1) is 7.30. The Bertz CT molecular complexity index is 329. The Labute approximate surface area is 89.0 Å². The predicted molar refractivity (Wildman–Crippen MR) is 45.4 cm³/mol. The third-order valence-corrected chi connectivity index (χ3v) is 3.35. The van der Waals surface area contributed by atoms with Gasteiger partial charge in [0.05, 0.1) is 5.92 Å². The molecule has 3 fully saturated rings. The molecule has 0 spiro atoms. The van der Waals surface area contributed by atoms with Crippen LogP contribution in [-0.2, 0) is 9.59 Å². The summed E-state index contributed by atoms with van der Waals surface area (Å²) < 4.78 is 36.4. The second-order valence-electron chi connectivity index (χ2n) is 4.33. The molecule has 2 heterocycles. The van der Waals surface area contributed by atoms with Gasteiger partial charge in [0.15, 0.2) is 0 Å². The molecule has 1 saturated carbocycles. The fourth-order valence-electron chi connectivity index (χ4n) is 2.64. The number of hydrogen-bond donors (Lipinski definition) is 1. The van der Waals surface area contributed by atoms with Crippen molar-refractivity contribution in [2.45, 2.75) is 12.6 Å². The Morgan fingerprint density at radius 1 is 1.19 bits per heavy atom. The highest BCUT2D eigenvalue weighted by molar-refractivity contribution is 5.82. The van der Waals surface area contributed by atoms with Gasteiger partial charge in [-0.1, -0.05) is 0 Å². The number of aliphatic carboxylic acids is 1. The van der Waals surface area contributed by atoms with Gasteiger partial charge in [0.25, 0.3) is 0 Å². The van der Waals surface area contributed by atoms with Crippen LogP contribution in [0.1, 0.15) is 6.42 Å². The van der Waals surface area contributed by atoms with Crippen molar-refractivity contribution in [3.8, 4) is 0 Å². The Hall–Kier alpha value is -1.27. The van der Waals surface area contributed by atoms with Crippen molar-refractivity contribution in [1.82, 2.24) is 4.90 Å². The monoisotopic (exact) mass is 237 g/mol. The molecule has 1 amide bonds. The van der Waals surface area contributed by atoms with Gasteiger partial charge in [0, 0.05) is 13.1 Å². The van der Waals surface area contributed by atoms with E-state index in [4.69, 9.17) is 5.11 Å². The number of hydrogen-bond acceptors (Lipinski definition) is 2. The van der Waals surface area contributed by atoms with Crippen LogP contribution >= 0.6 is 0 Å². The van der Waals surface area contributed by atoms with E-state index in [1.165, 1.54) is 0 Å². The SMILES string of the molecule is O=C(O)C1[C@@H]2C[C@H]1CN(C(=O)C(F)(F)F)C2. The molecule has 3 atom stereocenters. The van der Waals surface area contributed by atoms with Crippen LogP contribution in [0.4, 0.5) is 13.2 Å². The summed E-state index contributed by atoms with van der Waals surface area (Å²) in [5, 5.41) is 8.80. The highest BCUT2D eigenvalue weighted by Crippen LogP contribution is 2.46. The summed E-state index contributed by atoms with van der Waals surface area (Å²) in [6.45, 7) is -0.183. The zero-order chi connectivity index (χ0) is 12.1. The highest BCUT2D eigenvalue weighted by atomic mass is 19.4. The molecular weight excluding hydrogens is 227 g/mol. The smallest absolute Gasteiger partial charge is 0.471 e. The van der Waals surface area contributed by atoms with E-state index >= 15 is 0 Å². The van der Waals surface area contributed by atoms with Crippen LogP contribution < -0.4 is 0 Å². The average molecular weight is 237 g/mol. The van der Waals surface area contributed by atoms with E-state index in [0.717, 1.165) is 4.90 Å². The second-order valence-corrected chi connectivity index (χ2v) is 4.33. The van der Waals surface area contributed by atoms with Crippen molar-refractivity contribution in [2.75, 3.05) is 13.1 Å². The largest absolute Gasteiger partial charge is 0.481 e. The Morgan fingerprint density at radius 3 is 2.06 bits per heavy atom. The molecule has 0 radical (unpaired) electrons. The van der Waals surface area contributed by atoms with E-state index in [2.05, 4.69) is 0 Å². The summed E-state index contributed by atoms with van der Waals surface area (Å²) in [7, 11) is 0. The summed E-state index contributed by atoms with van der Waals surface area (Å²) in [6.07, 6.45) is -4.25. The highest BCUT2D eigenvalue weighted by Gasteiger charge is 2.54. The molecule has 3 rings (SSSR count).